The summed E-state index contributed by atoms with van der Waals surface area (Å²) in [6.07, 6.45) is -0.0577. The average molecular weight is 371 g/mol. The largest absolute Gasteiger partial charge is 0.353 e. The molecule has 0 fully saturated rings. The minimum Gasteiger partial charge on any atom is -0.353 e. The maximum absolute atomic E-state index is 5.63. The van der Waals surface area contributed by atoms with E-state index in [1.165, 1.54) is 10.4 Å². The molecule has 0 aliphatic heterocycles. The zero-order valence-electron chi connectivity index (χ0n) is 15.8. The van der Waals surface area contributed by atoms with Crippen molar-refractivity contribution in [2.24, 2.45) is 0 Å². The fourth-order valence-electron chi connectivity index (χ4n) is 2.61. The fraction of sp³-hybridized carbons (Fsp3) is 0.667. The second kappa shape index (κ2) is 13.7. The Kier molecular flexibility index (Phi) is 12.3. The molecule has 0 radical (unpaired) electrons. The van der Waals surface area contributed by atoms with Crippen LogP contribution in [0.4, 0.5) is 0 Å². The van der Waals surface area contributed by atoms with Gasteiger partial charge in [-0.2, -0.15) is 0 Å². The molecule has 0 atom stereocenters. The van der Waals surface area contributed by atoms with Crippen LogP contribution in [-0.2, 0) is 18.9 Å². The lowest BCUT2D eigenvalue weighted by molar-refractivity contribution is -0.123. The van der Waals surface area contributed by atoms with Crippen LogP contribution in [0.5, 0.6) is 0 Å². The van der Waals surface area contributed by atoms with E-state index in [1.54, 1.807) is 0 Å². The Bertz CT molecular complexity index is 363. The van der Waals surface area contributed by atoms with Gasteiger partial charge in [0.25, 0.3) is 0 Å². The standard InChI is InChI=1S/C18H34O4Si2/c1-5-19-17(20-6-2)13-23-15-9-11-16(12-10-15)24-14-18(21-7-3)22-8-4/h9-12,17-18H,5-8,13-14,23-24H2,1-4H3. The minimum atomic E-state index is -0.345. The zero-order valence-corrected chi connectivity index (χ0v) is 18.6. The van der Waals surface area contributed by atoms with Crippen LogP contribution in [0.15, 0.2) is 24.3 Å². The van der Waals surface area contributed by atoms with Gasteiger partial charge in [-0.3, -0.25) is 0 Å². The molecule has 1 aromatic carbocycles. The van der Waals surface area contributed by atoms with Crippen molar-refractivity contribution in [3.63, 3.8) is 0 Å². The van der Waals surface area contributed by atoms with E-state index < -0.39 is 0 Å². The first-order valence-electron chi connectivity index (χ1n) is 9.27. The van der Waals surface area contributed by atoms with Gasteiger partial charge in [-0.1, -0.05) is 34.6 Å². The van der Waals surface area contributed by atoms with Crippen LogP contribution < -0.4 is 10.4 Å². The maximum atomic E-state index is 5.63. The number of hydrogen-bond acceptors (Lipinski definition) is 4. The molecule has 0 aliphatic rings. The van der Waals surface area contributed by atoms with Crippen molar-refractivity contribution in [3.8, 4) is 0 Å². The van der Waals surface area contributed by atoms with Crippen molar-refractivity contribution in [2.45, 2.75) is 52.4 Å². The summed E-state index contributed by atoms with van der Waals surface area (Å²) in [7, 11) is -0.690. The van der Waals surface area contributed by atoms with Crippen molar-refractivity contribution in [2.75, 3.05) is 26.4 Å². The van der Waals surface area contributed by atoms with Gasteiger partial charge in [0, 0.05) is 26.4 Å². The molecular weight excluding hydrogens is 336 g/mol. The molecular formula is C18H34O4Si2. The fourth-order valence-corrected chi connectivity index (χ4v) is 5.56. The Morgan fingerprint density at radius 1 is 0.625 bits per heavy atom. The smallest absolute Gasteiger partial charge is 0.155 e. The molecule has 0 bridgehead atoms. The molecule has 0 heterocycles. The third-order valence-electron chi connectivity index (χ3n) is 3.77. The summed E-state index contributed by atoms with van der Waals surface area (Å²) in [6, 6.07) is 11.2. The van der Waals surface area contributed by atoms with Gasteiger partial charge in [-0.05, 0) is 39.8 Å². The molecule has 0 aromatic heterocycles. The van der Waals surface area contributed by atoms with Crippen molar-refractivity contribution >= 4 is 29.4 Å². The number of rotatable bonds is 14. The van der Waals surface area contributed by atoms with E-state index in [-0.39, 0.29) is 31.6 Å². The summed E-state index contributed by atoms with van der Waals surface area (Å²) >= 11 is 0. The second-order valence-corrected chi connectivity index (χ2v) is 9.36. The Labute approximate surface area is 151 Å². The zero-order chi connectivity index (χ0) is 17.6. The summed E-state index contributed by atoms with van der Waals surface area (Å²) in [4.78, 5) is 0. The maximum Gasteiger partial charge on any atom is 0.155 e. The predicted octanol–water partition coefficient (Wildman–Crippen LogP) is 0.910. The first-order chi connectivity index (χ1) is 11.7. The van der Waals surface area contributed by atoms with Crippen LogP contribution in [0, 0.1) is 0 Å². The molecule has 138 valence electrons. The molecule has 0 saturated carbocycles. The number of benzene rings is 1. The molecule has 1 rings (SSSR count). The highest BCUT2D eigenvalue weighted by Crippen LogP contribution is 2.02. The highest BCUT2D eigenvalue weighted by molar-refractivity contribution is 6.55. The Balaban J connectivity index is 2.41. The second-order valence-electron chi connectivity index (χ2n) is 5.57. The normalized spacial score (nSPS) is 12.6. The first kappa shape index (κ1) is 21.5. The van der Waals surface area contributed by atoms with E-state index in [2.05, 4.69) is 24.3 Å². The highest BCUT2D eigenvalue weighted by Gasteiger charge is 2.10. The molecule has 0 aliphatic carbocycles. The van der Waals surface area contributed by atoms with Crippen LogP contribution in [0.25, 0.3) is 0 Å². The molecule has 0 spiro atoms. The SMILES string of the molecule is CCOC(C[SiH2]c1ccc([SiH2]CC(OCC)OCC)cc1)OCC. The summed E-state index contributed by atoms with van der Waals surface area (Å²) in [5.74, 6) is 0. The van der Waals surface area contributed by atoms with E-state index in [4.69, 9.17) is 18.9 Å². The van der Waals surface area contributed by atoms with E-state index in [0.717, 1.165) is 12.1 Å². The molecule has 1 aromatic rings. The monoisotopic (exact) mass is 370 g/mol. The van der Waals surface area contributed by atoms with E-state index in [1.807, 2.05) is 27.7 Å². The summed E-state index contributed by atoms with van der Waals surface area (Å²) in [5, 5.41) is 2.95. The quantitative estimate of drug-likeness (QED) is 0.360. The third-order valence-corrected chi connectivity index (χ3v) is 7.39. The van der Waals surface area contributed by atoms with Crippen molar-refractivity contribution in [3.05, 3.63) is 24.3 Å². The summed E-state index contributed by atoms with van der Waals surface area (Å²) < 4.78 is 22.5. The van der Waals surface area contributed by atoms with E-state index >= 15 is 0 Å². The molecule has 0 saturated heterocycles. The Morgan fingerprint density at radius 2 is 0.917 bits per heavy atom. The van der Waals surface area contributed by atoms with Gasteiger partial charge in [0.2, 0.25) is 0 Å². The lowest BCUT2D eigenvalue weighted by atomic mass is 10.4. The van der Waals surface area contributed by atoms with Gasteiger partial charge in [0.05, 0.1) is 19.0 Å². The van der Waals surface area contributed by atoms with Crippen LogP contribution in [-0.4, -0.2) is 58.0 Å². The Morgan fingerprint density at radius 3 is 1.17 bits per heavy atom. The van der Waals surface area contributed by atoms with Crippen LogP contribution in [0.3, 0.4) is 0 Å². The van der Waals surface area contributed by atoms with Crippen molar-refractivity contribution in [1.29, 1.82) is 0 Å². The average Bonchev–Trinajstić information content (AvgIpc) is 2.59. The summed E-state index contributed by atoms with van der Waals surface area (Å²) in [6.45, 7) is 10.9. The first-order valence-corrected chi connectivity index (χ1v) is 12.7. The van der Waals surface area contributed by atoms with Gasteiger partial charge in [-0.25, -0.2) is 0 Å². The topological polar surface area (TPSA) is 36.9 Å². The lowest BCUT2D eigenvalue weighted by Crippen LogP contribution is -2.27. The highest BCUT2D eigenvalue weighted by atomic mass is 28.2. The van der Waals surface area contributed by atoms with E-state index in [9.17, 15) is 0 Å². The minimum absolute atomic E-state index is 0.0288. The lowest BCUT2D eigenvalue weighted by Gasteiger charge is -2.17. The van der Waals surface area contributed by atoms with Gasteiger partial charge >= 0.3 is 0 Å². The van der Waals surface area contributed by atoms with Crippen molar-refractivity contribution in [1.82, 2.24) is 0 Å². The van der Waals surface area contributed by atoms with Crippen molar-refractivity contribution < 1.29 is 18.9 Å². The third kappa shape index (κ3) is 9.10. The van der Waals surface area contributed by atoms with Crippen LogP contribution in [0.1, 0.15) is 27.7 Å². The molecule has 4 nitrogen and oxygen atoms in total. The van der Waals surface area contributed by atoms with Crippen LogP contribution in [0.2, 0.25) is 12.1 Å². The predicted molar refractivity (Wildman–Crippen MR) is 106 cm³/mol. The van der Waals surface area contributed by atoms with Crippen LogP contribution >= 0.6 is 0 Å². The molecule has 24 heavy (non-hydrogen) atoms. The molecule has 0 amide bonds. The van der Waals surface area contributed by atoms with Gasteiger partial charge in [0.15, 0.2) is 12.6 Å². The molecule has 0 unspecified atom stereocenters. The number of ether oxygens (including phenoxy) is 4. The number of hydrogen-bond donors (Lipinski definition) is 0. The van der Waals surface area contributed by atoms with Gasteiger partial charge in [0.1, 0.15) is 0 Å². The Hall–Kier alpha value is -0.506. The van der Waals surface area contributed by atoms with E-state index in [0.29, 0.717) is 26.4 Å². The molecule has 6 heteroatoms. The summed E-state index contributed by atoms with van der Waals surface area (Å²) in [5.41, 5.74) is 0. The van der Waals surface area contributed by atoms with Gasteiger partial charge in [-0.15, -0.1) is 0 Å². The molecule has 0 N–H and O–H groups in total. The van der Waals surface area contributed by atoms with Gasteiger partial charge < -0.3 is 18.9 Å².